The number of hydrogen-bond acceptors (Lipinski definition) is 4. The van der Waals surface area contributed by atoms with Gasteiger partial charge in [-0.05, 0) is 24.3 Å². The zero-order valence-electron chi connectivity index (χ0n) is 17.9. The van der Waals surface area contributed by atoms with Gasteiger partial charge in [0.25, 0.3) is 0 Å². The zero-order chi connectivity index (χ0) is 24.3. The summed E-state index contributed by atoms with van der Waals surface area (Å²) in [5, 5.41) is 3.35. The van der Waals surface area contributed by atoms with Gasteiger partial charge in [0.1, 0.15) is 6.54 Å². The maximum absolute atomic E-state index is 13.0. The minimum absolute atomic E-state index is 0.0162. The number of nitrogens with zero attached hydrogens (tertiary/aromatic N) is 2. The molecule has 0 aliphatic carbocycles. The summed E-state index contributed by atoms with van der Waals surface area (Å²) in [7, 11) is 0. The normalized spacial score (nSPS) is 14.4. The molecule has 4 rings (SSSR count). The number of nitrogens with one attached hydrogen (secondary N) is 1. The number of para-hydroxylation sites is 1. The molecular formula is C23H21ClF3N3O3S. The lowest BCUT2D eigenvalue weighted by atomic mass is 10.2. The van der Waals surface area contributed by atoms with Gasteiger partial charge in [-0.15, -0.1) is 11.8 Å². The van der Waals surface area contributed by atoms with E-state index in [1.807, 2.05) is 35.0 Å². The molecule has 1 N–H and O–H groups in total. The molecule has 0 radical (unpaired) electrons. The Morgan fingerprint density at radius 1 is 1.12 bits per heavy atom. The first-order valence-electron chi connectivity index (χ1n) is 10.4. The fourth-order valence-electron chi connectivity index (χ4n) is 3.64. The van der Waals surface area contributed by atoms with Crippen LogP contribution in [0, 0.1) is 0 Å². The van der Waals surface area contributed by atoms with Gasteiger partial charge >= 0.3 is 6.18 Å². The van der Waals surface area contributed by atoms with E-state index in [-0.39, 0.29) is 28.9 Å². The quantitative estimate of drug-likeness (QED) is 0.478. The van der Waals surface area contributed by atoms with Crippen molar-refractivity contribution in [2.24, 2.45) is 0 Å². The first-order valence-corrected chi connectivity index (χ1v) is 11.8. The summed E-state index contributed by atoms with van der Waals surface area (Å²) < 4.78 is 46.1. The predicted octanol–water partition coefficient (Wildman–Crippen LogP) is 4.90. The molecule has 6 nitrogen and oxygen atoms in total. The molecule has 0 saturated carbocycles. The highest BCUT2D eigenvalue weighted by molar-refractivity contribution is 8.00. The zero-order valence-corrected chi connectivity index (χ0v) is 19.5. The van der Waals surface area contributed by atoms with Crippen molar-refractivity contribution < 1.29 is 27.5 Å². The molecule has 0 atom stereocenters. The van der Waals surface area contributed by atoms with E-state index in [9.17, 15) is 22.8 Å². The Balaban J connectivity index is 1.45. The van der Waals surface area contributed by atoms with E-state index in [4.69, 9.17) is 16.3 Å². The molecule has 0 spiro atoms. The number of benzene rings is 2. The Morgan fingerprint density at radius 3 is 2.59 bits per heavy atom. The lowest BCUT2D eigenvalue weighted by Crippen LogP contribution is -2.42. The minimum Gasteiger partial charge on any atom is -0.378 e. The standard InChI is InChI=1S/C23H21ClF3N3O3S/c24-17-6-5-15(23(25,26)27)11-18(17)28-21(31)14-34-20-12-30(19-4-2-1-3-16(19)20)13-22(32)29-7-9-33-10-8-29/h1-6,11-12H,7-10,13-14H2,(H,28,31). The summed E-state index contributed by atoms with van der Waals surface area (Å²) in [6.45, 7) is 2.30. The minimum atomic E-state index is -4.54. The van der Waals surface area contributed by atoms with Gasteiger partial charge in [-0.2, -0.15) is 13.2 Å². The molecule has 0 unspecified atom stereocenters. The molecule has 2 aromatic carbocycles. The first kappa shape index (κ1) is 24.4. The number of halogens is 4. The van der Waals surface area contributed by atoms with Crippen LogP contribution in [-0.2, 0) is 27.0 Å². The Morgan fingerprint density at radius 2 is 1.85 bits per heavy atom. The Bertz CT molecular complexity index is 1210. The van der Waals surface area contributed by atoms with Crippen LogP contribution in [0.5, 0.6) is 0 Å². The number of hydrogen-bond donors (Lipinski definition) is 1. The highest BCUT2D eigenvalue weighted by atomic mass is 35.5. The number of alkyl halides is 3. The molecule has 1 aliphatic heterocycles. The smallest absolute Gasteiger partial charge is 0.378 e. The van der Waals surface area contributed by atoms with Crippen molar-refractivity contribution in [2.75, 3.05) is 37.4 Å². The number of carbonyl (C=O) groups excluding carboxylic acids is 2. The summed E-state index contributed by atoms with van der Waals surface area (Å²) in [5.41, 5.74) is -0.138. The van der Waals surface area contributed by atoms with Crippen molar-refractivity contribution in [3.63, 3.8) is 0 Å². The summed E-state index contributed by atoms with van der Waals surface area (Å²) in [5.74, 6) is -0.553. The number of carbonyl (C=O) groups is 2. The van der Waals surface area contributed by atoms with Gasteiger partial charge in [0.05, 0.1) is 35.2 Å². The third-order valence-electron chi connectivity index (χ3n) is 5.35. The largest absolute Gasteiger partial charge is 0.416 e. The molecule has 1 fully saturated rings. The maximum atomic E-state index is 13.0. The van der Waals surface area contributed by atoms with Gasteiger partial charge in [0.2, 0.25) is 11.8 Å². The van der Waals surface area contributed by atoms with Crippen LogP contribution in [0.4, 0.5) is 18.9 Å². The van der Waals surface area contributed by atoms with Crippen molar-refractivity contribution in [2.45, 2.75) is 17.6 Å². The second-order valence-corrected chi connectivity index (χ2v) is 9.09. The number of ether oxygens (including phenoxy) is 1. The fraction of sp³-hybridized carbons (Fsp3) is 0.304. The van der Waals surface area contributed by atoms with Gasteiger partial charge in [0, 0.05) is 35.1 Å². The lowest BCUT2D eigenvalue weighted by molar-refractivity contribution is -0.137. The number of rotatable bonds is 6. The molecule has 11 heteroatoms. The summed E-state index contributed by atoms with van der Waals surface area (Å²) in [6.07, 6.45) is -2.72. The average Bonchev–Trinajstić information content (AvgIpc) is 3.16. The number of amides is 2. The van der Waals surface area contributed by atoms with E-state index in [0.717, 1.165) is 34.0 Å². The molecular weight excluding hydrogens is 491 g/mol. The van der Waals surface area contributed by atoms with Crippen LogP contribution in [-0.4, -0.2) is 53.3 Å². The van der Waals surface area contributed by atoms with Crippen LogP contribution in [0.1, 0.15) is 5.56 Å². The van der Waals surface area contributed by atoms with Crippen molar-refractivity contribution in [3.05, 3.63) is 59.2 Å². The molecule has 2 heterocycles. The van der Waals surface area contributed by atoms with E-state index in [2.05, 4.69) is 5.32 Å². The average molecular weight is 512 g/mol. The molecule has 34 heavy (non-hydrogen) atoms. The number of fused-ring (bicyclic) bond motifs is 1. The third kappa shape index (κ3) is 5.68. The monoisotopic (exact) mass is 511 g/mol. The molecule has 2 amide bonds. The second kappa shape index (κ2) is 10.3. The van der Waals surface area contributed by atoms with Gasteiger partial charge in [0.15, 0.2) is 0 Å². The fourth-order valence-corrected chi connectivity index (χ4v) is 4.70. The van der Waals surface area contributed by atoms with Crippen molar-refractivity contribution in [1.82, 2.24) is 9.47 Å². The molecule has 0 bridgehead atoms. The van der Waals surface area contributed by atoms with Gasteiger partial charge in [-0.3, -0.25) is 9.59 Å². The number of anilines is 1. The molecule has 3 aromatic rings. The summed E-state index contributed by atoms with van der Waals surface area (Å²) in [6, 6.07) is 10.3. The Labute approximate surface area is 203 Å². The highest BCUT2D eigenvalue weighted by Gasteiger charge is 2.31. The van der Waals surface area contributed by atoms with E-state index >= 15 is 0 Å². The molecule has 1 aliphatic rings. The predicted molar refractivity (Wildman–Crippen MR) is 125 cm³/mol. The van der Waals surface area contributed by atoms with Crippen LogP contribution in [0.25, 0.3) is 10.9 Å². The SMILES string of the molecule is O=C(CSc1cn(CC(=O)N2CCOCC2)c2ccccc12)Nc1cc(C(F)(F)F)ccc1Cl. The Kier molecular flexibility index (Phi) is 7.39. The second-order valence-electron chi connectivity index (χ2n) is 7.66. The number of thioether (sulfide) groups is 1. The van der Waals surface area contributed by atoms with Crippen LogP contribution in [0.15, 0.2) is 53.6 Å². The van der Waals surface area contributed by atoms with Gasteiger partial charge < -0.3 is 19.5 Å². The molecule has 180 valence electrons. The van der Waals surface area contributed by atoms with E-state index in [1.54, 1.807) is 4.90 Å². The van der Waals surface area contributed by atoms with E-state index in [0.29, 0.717) is 26.3 Å². The van der Waals surface area contributed by atoms with Gasteiger partial charge in [-0.25, -0.2) is 0 Å². The van der Waals surface area contributed by atoms with E-state index in [1.165, 1.54) is 11.8 Å². The third-order valence-corrected chi connectivity index (χ3v) is 6.72. The molecule has 1 aromatic heterocycles. The summed E-state index contributed by atoms with van der Waals surface area (Å²) >= 11 is 7.20. The van der Waals surface area contributed by atoms with Crippen LogP contribution >= 0.6 is 23.4 Å². The maximum Gasteiger partial charge on any atom is 0.416 e. The van der Waals surface area contributed by atoms with Crippen molar-refractivity contribution in [3.8, 4) is 0 Å². The van der Waals surface area contributed by atoms with Crippen molar-refractivity contribution >= 4 is 51.8 Å². The van der Waals surface area contributed by atoms with E-state index < -0.39 is 17.6 Å². The number of aromatic nitrogens is 1. The highest BCUT2D eigenvalue weighted by Crippen LogP contribution is 2.34. The molecule has 1 saturated heterocycles. The van der Waals surface area contributed by atoms with Gasteiger partial charge in [-0.1, -0.05) is 29.8 Å². The topological polar surface area (TPSA) is 63.6 Å². The van der Waals surface area contributed by atoms with Crippen LogP contribution in [0.2, 0.25) is 5.02 Å². The van der Waals surface area contributed by atoms with Crippen LogP contribution in [0.3, 0.4) is 0 Å². The first-order chi connectivity index (χ1) is 16.2. The van der Waals surface area contributed by atoms with Crippen LogP contribution < -0.4 is 5.32 Å². The van der Waals surface area contributed by atoms with Crippen molar-refractivity contribution in [1.29, 1.82) is 0 Å². The Hall–Kier alpha value is -2.69. The lowest BCUT2D eigenvalue weighted by Gasteiger charge is -2.27. The number of morpholine rings is 1. The summed E-state index contributed by atoms with van der Waals surface area (Å²) in [4.78, 5) is 27.7.